The van der Waals surface area contributed by atoms with Crippen LogP contribution in [0.4, 0.5) is 5.69 Å². The summed E-state index contributed by atoms with van der Waals surface area (Å²) >= 11 is 6.62. The molecule has 2 aromatic rings. The lowest BCUT2D eigenvalue weighted by Crippen LogP contribution is -2.39. The van der Waals surface area contributed by atoms with Crippen LogP contribution < -0.4 is 9.64 Å². The summed E-state index contributed by atoms with van der Waals surface area (Å²) in [6.45, 7) is 10.3. The van der Waals surface area contributed by atoms with Crippen molar-refractivity contribution in [2.45, 2.75) is 59.0 Å². The van der Waals surface area contributed by atoms with Crippen molar-refractivity contribution in [2.24, 2.45) is 11.8 Å². The number of carbonyl (C=O) groups is 1. The number of anilines is 1. The van der Waals surface area contributed by atoms with Crippen LogP contribution in [0, 0.1) is 11.8 Å². The first kappa shape index (κ1) is 25.4. The number of likely N-dealkylation sites (N-methyl/N-ethyl adjacent to an activating group) is 1. The number of aryl methyl sites for hydroxylation is 1. The van der Waals surface area contributed by atoms with Gasteiger partial charge < -0.3 is 14.5 Å². The molecule has 1 atom stereocenters. The topological polar surface area (TPSA) is 36.0 Å². The van der Waals surface area contributed by atoms with Gasteiger partial charge in [0.25, 0.3) is 0 Å². The lowest BCUT2D eigenvalue weighted by atomic mass is 10.0. The molecule has 1 amide bonds. The highest BCUT2D eigenvalue weighted by Gasteiger charge is 2.33. The fourth-order valence-electron chi connectivity index (χ4n) is 6.18. The largest absolute Gasteiger partial charge is 0.492 e. The summed E-state index contributed by atoms with van der Waals surface area (Å²) in [6, 6.07) is 10.9. The minimum absolute atomic E-state index is 0.0536. The quantitative estimate of drug-likeness (QED) is 0.490. The predicted octanol–water partition coefficient (Wildman–Crippen LogP) is 5.55. The summed E-state index contributed by atoms with van der Waals surface area (Å²) in [5.41, 5.74) is 6.53. The number of para-hydroxylation sites is 1. The maximum Gasteiger partial charge on any atom is 0.227 e. The van der Waals surface area contributed by atoms with Crippen molar-refractivity contribution in [3.8, 4) is 5.75 Å². The maximum atomic E-state index is 13.8. The minimum atomic E-state index is 0.0536. The smallest absolute Gasteiger partial charge is 0.227 e. The Kier molecular flexibility index (Phi) is 7.78. The van der Waals surface area contributed by atoms with Gasteiger partial charge in [-0.3, -0.25) is 9.69 Å². The number of halogens is 1. The number of benzene rings is 2. The Morgan fingerprint density at radius 3 is 2.86 bits per heavy atom. The van der Waals surface area contributed by atoms with Crippen LogP contribution in [-0.2, 0) is 30.7 Å². The molecular formula is C30H40ClN3O2. The van der Waals surface area contributed by atoms with Crippen molar-refractivity contribution in [3.05, 3.63) is 57.6 Å². The van der Waals surface area contributed by atoms with Gasteiger partial charge in [0.05, 0.1) is 17.5 Å². The number of ether oxygens (including phenoxy) is 1. The van der Waals surface area contributed by atoms with Gasteiger partial charge in [0, 0.05) is 45.5 Å². The van der Waals surface area contributed by atoms with Gasteiger partial charge in [0.15, 0.2) is 0 Å². The second-order valence-corrected chi connectivity index (χ2v) is 11.7. The van der Waals surface area contributed by atoms with Crippen molar-refractivity contribution >= 4 is 23.2 Å². The summed E-state index contributed by atoms with van der Waals surface area (Å²) < 4.78 is 5.91. The molecule has 0 spiro atoms. The molecule has 0 unspecified atom stereocenters. The van der Waals surface area contributed by atoms with E-state index in [4.69, 9.17) is 16.3 Å². The van der Waals surface area contributed by atoms with Gasteiger partial charge in [-0.1, -0.05) is 49.7 Å². The summed E-state index contributed by atoms with van der Waals surface area (Å²) in [5.74, 6) is 1.58. The van der Waals surface area contributed by atoms with Crippen LogP contribution in [0.15, 0.2) is 30.3 Å². The maximum absolute atomic E-state index is 13.8. The molecule has 0 bridgehead atoms. The van der Waals surface area contributed by atoms with E-state index < -0.39 is 0 Å². The van der Waals surface area contributed by atoms with Crippen molar-refractivity contribution in [1.82, 2.24) is 9.80 Å². The van der Waals surface area contributed by atoms with Crippen LogP contribution >= 0.6 is 11.6 Å². The number of amides is 1. The van der Waals surface area contributed by atoms with E-state index in [-0.39, 0.29) is 11.8 Å². The predicted molar refractivity (Wildman–Crippen MR) is 147 cm³/mol. The number of rotatable bonds is 7. The molecule has 3 aliphatic heterocycles. The standard InChI is InChI=1S/C30H40ClN3O2/c1-21(2)17-34(18-22-15-24-7-4-5-14-36-29(24)27(31)16-22)30(35)26-11-13-33(20-26)19-25-9-6-8-23-10-12-32(3)28(23)25/h6,8-9,15-16,21,26H,4-5,7,10-14,17-20H2,1-3H3/t26-/m1/s1. The highest BCUT2D eigenvalue weighted by atomic mass is 35.5. The van der Waals surface area contributed by atoms with Gasteiger partial charge in [-0.15, -0.1) is 0 Å². The average Bonchev–Trinajstić information content (AvgIpc) is 3.38. The third kappa shape index (κ3) is 5.52. The SMILES string of the molecule is CC(C)CN(Cc1cc(Cl)c2c(c1)CCCCO2)C(=O)[C@@H]1CCN(Cc2cccc3c2N(C)CC3)C1. The van der Waals surface area contributed by atoms with Crippen molar-refractivity contribution < 1.29 is 9.53 Å². The Labute approximate surface area is 221 Å². The first-order chi connectivity index (χ1) is 17.4. The molecule has 0 aliphatic carbocycles. The van der Waals surface area contributed by atoms with Crippen LogP contribution in [0.3, 0.4) is 0 Å². The molecule has 3 heterocycles. The van der Waals surface area contributed by atoms with Crippen LogP contribution in [0.25, 0.3) is 0 Å². The third-order valence-corrected chi connectivity index (χ3v) is 8.14. The highest BCUT2D eigenvalue weighted by molar-refractivity contribution is 6.32. The molecule has 6 heteroatoms. The molecule has 2 aromatic carbocycles. The number of fused-ring (bicyclic) bond motifs is 2. The van der Waals surface area contributed by atoms with Crippen LogP contribution in [0.5, 0.6) is 5.75 Å². The molecule has 1 saturated heterocycles. The molecule has 5 rings (SSSR count). The fourth-order valence-corrected chi connectivity index (χ4v) is 6.49. The van der Waals surface area contributed by atoms with Gasteiger partial charge >= 0.3 is 0 Å². The Morgan fingerprint density at radius 2 is 2.03 bits per heavy atom. The normalized spacial score (nSPS) is 19.7. The molecule has 0 radical (unpaired) electrons. The average molecular weight is 510 g/mol. The molecule has 0 N–H and O–H groups in total. The van der Waals surface area contributed by atoms with E-state index in [0.29, 0.717) is 17.5 Å². The third-order valence-electron chi connectivity index (χ3n) is 7.85. The second-order valence-electron chi connectivity index (χ2n) is 11.3. The zero-order chi connectivity index (χ0) is 25.2. The molecule has 194 valence electrons. The Bertz CT molecular complexity index is 1100. The minimum Gasteiger partial charge on any atom is -0.492 e. The lowest BCUT2D eigenvalue weighted by Gasteiger charge is -2.28. The first-order valence-electron chi connectivity index (χ1n) is 13.7. The number of likely N-dealkylation sites (tertiary alicyclic amines) is 1. The highest BCUT2D eigenvalue weighted by Crippen LogP contribution is 2.35. The monoisotopic (exact) mass is 509 g/mol. The lowest BCUT2D eigenvalue weighted by molar-refractivity contribution is -0.136. The number of nitrogens with zero attached hydrogens (tertiary/aromatic N) is 3. The van der Waals surface area contributed by atoms with E-state index in [2.05, 4.69) is 59.9 Å². The Morgan fingerprint density at radius 1 is 1.17 bits per heavy atom. The summed E-state index contributed by atoms with van der Waals surface area (Å²) in [6.07, 6.45) is 5.20. The van der Waals surface area contributed by atoms with E-state index in [1.54, 1.807) is 0 Å². The van der Waals surface area contributed by atoms with Crippen molar-refractivity contribution in [1.29, 1.82) is 0 Å². The molecule has 1 fully saturated rings. The molecule has 0 aromatic heterocycles. The molecular weight excluding hydrogens is 470 g/mol. The fraction of sp³-hybridized carbons (Fsp3) is 0.567. The Balaban J connectivity index is 1.27. The van der Waals surface area contributed by atoms with Gasteiger partial charge in [0.1, 0.15) is 5.75 Å². The summed E-state index contributed by atoms with van der Waals surface area (Å²) in [7, 11) is 2.19. The second kappa shape index (κ2) is 11.0. The first-order valence-corrected chi connectivity index (χ1v) is 14.0. The zero-order valence-electron chi connectivity index (χ0n) is 22.1. The van der Waals surface area contributed by atoms with Crippen LogP contribution in [0.2, 0.25) is 5.02 Å². The zero-order valence-corrected chi connectivity index (χ0v) is 22.8. The van der Waals surface area contributed by atoms with E-state index in [0.717, 1.165) is 82.7 Å². The molecule has 36 heavy (non-hydrogen) atoms. The molecule has 3 aliphatic rings. The van der Waals surface area contributed by atoms with E-state index in [9.17, 15) is 4.79 Å². The summed E-state index contributed by atoms with van der Waals surface area (Å²) in [5, 5.41) is 0.675. The van der Waals surface area contributed by atoms with Crippen molar-refractivity contribution in [3.63, 3.8) is 0 Å². The molecule has 5 nitrogen and oxygen atoms in total. The van der Waals surface area contributed by atoms with E-state index in [1.807, 2.05) is 6.07 Å². The van der Waals surface area contributed by atoms with Gasteiger partial charge in [-0.25, -0.2) is 0 Å². The number of hydrogen-bond donors (Lipinski definition) is 0. The van der Waals surface area contributed by atoms with Gasteiger partial charge in [-0.2, -0.15) is 0 Å². The van der Waals surface area contributed by atoms with E-state index >= 15 is 0 Å². The molecule has 0 saturated carbocycles. The van der Waals surface area contributed by atoms with E-state index in [1.165, 1.54) is 22.4 Å². The Hall–Kier alpha value is -2.24. The summed E-state index contributed by atoms with van der Waals surface area (Å²) in [4.78, 5) is 20.7. The van der Waals surface area contributed by atoms with Gasteiger partial charge in [0.2, 0.25) is 5.91 Å². The number of hydrogen-bond acceptors (Lipinski definition) is 4. The van der Waals surface area contributed by atoms with Crippen molar-refractivity contribution in [2.75, 3.05) is 44.7 Å². The number of carbonyl (C=O) groups excluding carboxylic acids is 1. The van der Waals surface area contributed by atoms with Crippen LogP contribution in [-0.4, -0.2) is 55.5 Å². The van der Waals surface area contributed by atoms with Crippen LogP contribution in [0.1, 0.15) is 55.4 Å². The van der Waals surface area contributed by atoms with Gasteiger partial charge in [-0.05, 0) is 72.9 Å².